The molecule has 6 nitrogen and oxygen atoms in total. The first kappa shape index (κ1) is 23.5. The van der Waals surface area contributed by atoms with Crippen LogP contribution in [0.4, 0.5) is 28.9 Å². The molecule has 2 aromatic carbocycles. The van der Waals surface area contributed by atoms with Gasteiger partial charge in [0.1, 0.15) is 5.82 Å². The predicted molar refractivity (Wildman–Crippen MR) is 115 cm³/mol. The van der Waals surface area contributed by atoms with Gasteiger partial charge in [-0.3, -0.25) is 4.79 Å². The van der Waals surface area contributed by atoms with Gasteiger partial charge in [0.25, 0.3) is 0 Å². The van der Waals surface area contributed by atoms with Gasteiger partial charge in [-0.1, -0.05) is 12.1 Å². The molecule has 0 radical (unpaired) electrons. The number of carbonyl (C=O) groups excluding carboxylic acids is 1. The van der Waals surface area contributed by atoms with Crippen LogP contribution in [0, 0.1) is 11.7 Å². The number of rotatable bonds is 4. The van der Waals surface area contributed by atoms with Crippen molar-refractivity contribution in [1.82, 2.24) is 9.21 Å². The molecule has 1 fully saturated rings. The normalized spacial score (nSPS) is 19.4. The maximum atomic E-state index is 14.3. The fourth-order valence-electron chi connectivity index (χ4n) is 4.34. The number of alkyl halides is 3. The molecular weight excluding hydrogens is 462 g/mol. The van der Waals surface area contributed by atoms with Gasteiger partial charge >= 0.3 is 6.18 Å². The predicted octanol–water partition coefficient (Wildman–Crippen LogP) is 3.75. The van der Waals surface area contributed by atoms with Crippen molar-refractivity contribution in [2.75, 3.05) is 31.2 Å². The Hall–Kier alpha value is -2.66. The van der Waals surface area contributed by atoms with Crippen molar-refractivity contribution in [3.05, 3.63) is 58.9 Å². The number of carbonyl (C=O) groups is 1. The monoisotopic (exact) mass is 485 g/mol. The van der Waals surface area contributed by atoms with Crippen LogP contribution in [0.25, 0.3) is 0 Å². The minimum atomic E-state index is -4.63. The van der Waals surface area contributed by atoms with Crippen LogP contribution in [-0.2, 0) is 34.0 Å². The second kappa shape index (κ2) is 8.60. The van der Waals surface area contributed by atoms with Crippen LogP contribution in [0.1, 0.15) is 23.1 Å². The van der Waals surface area contributed by atoms with Crippen molar-refractivity contribution < 1.29 is 30.8 Å². The molecule has 1 unspecified atom stereocenters. The summed E-state index contributed by atoms with van der Waals surface area (Å²) in [6, 6.07) is 7.64. The van der Waals surface area contributed by atoms with Crippen LogP contribution in [0.5, 0.6) is 0 Å². The van der Waals surface area contributed by atoms with Gasteiger partial charge in [0.15, 0.2) is 0 Å². The number of fused-ring (bicyclic) bond motifs is 1. The van der Waals surface area contributed by atoms with Gasteiger partial charge in [-0.05, 0) is 48.2 Å². The van der Waals surface area contributed by atoms with E-state index in [-0.39, 0.29) is 24.1 Å². The van der Waals surface area contributed by atoms with Crippen LogP contribution < -0.4 is 5.32 Å². The summed E-state index contributed by atoms with van der Waals surface area (Å²) in [6.07, 6.45) is -2.54. The van der Waals surface area contributed by atoms with Gasteiger partial charge in [0.2, 0.25) is 15.9 Å². The van der Waals surface area contributed by atoms with E-state index in [0.29, 0.717) is 44.2 Å². The number of halogens is 4. The Morgan fingerprint density at radius 2 is 1.88 bits per heavy atom. The third kappa shape index (κ3) is 4.98. The van der Waals surface area contributed by atoms with E-state index in [1.54, 1.807) is 17.0 Å². The first-order valence-corrected chi connectivity index (χ1v) is 12.3. The fraction of sp³-hybridized carbons (Fsp3) is 0.409. The lowest BCUT2D eigenvalue weighted by Crippen LogP contribution is -2.41. The number of hydrogen-bond donors (Lipinski definition) is 1. The minimum absolute atomic E-state index is 0.0678. The van der Waals surface area contributed by atoms with Crippen molar-refractivity contribution in [1.29, 1.82) is 0 Å². The third-order valence-corrected chi connectivity index (χ3v) is 7.38. The van der Waals surface area contributed by atoms with E-state index in [9.17, 15) is 30.8 Å². The zero-order valence-electron chi connectivity index (χ0n) is 17.8. The van der Waals surface area contributed by atoms with Crippen LogP contribution in [0.3, 0.4) is 0 Å². The van der Waals surface area contributed by atoms with Crippen LogP contribution in [0.2, 0.25) is 0 Å². The zero-order chi connectivity index (χ0) is 24.0. The number of benzene rings is 2. The molecule has 1 amide bonds. The molecule has 2 aromatic rings. The largest absolute Gasteiger partial charge is 0.416 e. The Kier molecular flexibility index (Phi) is 6.12. The summed E-state index contributed by atoms with van der Waals surface area (Å²) in [5.74, 6) is -1.49. The van der Waals surface area contributed by atoms with E-state index >= 15 is 0 Å². The Morgan fingerprint density at radius 1 is 1.12 bits per heavy atom. The molecule has 0 aromatic heterocycles. The average Bonchev–Trinajstić information content (AvgIpc) is 3.24. The molecule has 1 atom stereocenters. The summed E-state index contributed by atoms with van der Waals surface area (Å²) in [4.78, 5) is 14.7. The molecular formula is C22H23F4N3O3S. The topological polar surface area (TPSA) is 69.7 Å². The van der Waals surface area contributed by atoms with Crippen LogP contribution >= 0.6 is 0 Å². The fourth-order valence-corrected chi connectivity index (χ4v) is 5.23. The lowest BCUT2D eigenvalue weighted by atomic mass is 9.96. The van der Waals surface area contributed by atoms with Gasteiger partial charge in [-0.25, -0.2) is 17.1 Å². The van der Waals surface area contributed by atoms with Crippen molar-refractivity contribution in [2.45, 2.75) is 25.6 Å². The molecule has 178 valence electrons. The Bertz CT molecular complexity index is 1180. The molecule has 0 bridgehead atoms. The maximum absolute atomic E-state index is 14.3. The SMILES string of the molecule is CS(=O)(=O)N1CCC(C(=O)N2CCc3c(cccc3Nc3ccc(C(F)(F)F)cc3F)C2)C1. The van der Waals surface area contributed by atoms with Crippen molar-refractivity contribution >= 4 is 27.3 Å². The Morgan fingerprint density at radius 3 is 2.52 bits per heavy atom. The third-order valence-electron chi connectivity index (χ3n) is 6.11. The second-order valence-electron chi connectivity index (χ2n) is 8.38. The number of hydrogen-bond acceptors (Lipinski definition) is 4. The summed E-state index contributed by atoms with van der Waals surface area (Å²) in [6.45, 7) is 1.24. The van der Waals surface area contributed by atoms with Gasteiger partial charge in [0, 0.05) is 31.9 Å². The molecule has 2 aliphatic heterocycles. The summed E-state index contributed by atoms with van der Waals surface area (Å²) >= 11 is 0. The lowest BCUT2D eigenvalue weighted by molar-refractivity contribution is -0.138. The minimum Gasteiger partial charge on any atom is -0.353 e. The van der Waals surface area contributed by atoms with E-state index < -0.39 is 27.6 Å². The van der Waals surface area contributed by atoms with Gasteiger partial charge in [-0.15, -0.1) is 0 Å². The molecule has 2 aliphatic rings. The summed E-state index contributed by atoms with van der Waals surface area (Å²) in [7, 11) is -3.34. The highest BCUT2D eigenvalue weighted by atomic mass is 32.2. The summed E-state index contributed by atoms with van der Waals surface area (Å²) < 4.78 is 77.5. The average molecular weight is 486 g/mol. The van der Waals surface area contributed by atoms with E-state index in [1.165, 1.54) is 4.31 Å². The molecule has 0 aliphatic carbocycles. The van der Waals surface area contributed by atoms with Crippen molar-refractivity contribution in [3.63, 3.8) is 0 Å². The Labute approximate surface area is 189 Å². The van der Waals surface area contributed by atoms with Gasteiger partial charge < -0.3 is 10.2 Å². The molecule has 0 spiro atoms. The zero-order valence-corrected chi connectivity index (χ0v) is 18.6. The first-order chi connectivity index (χ1) is 15.4. The summed E-state index contributed by atoms with van der Waals surface area (Å²) in [5.41, 5.74) is 1.16. The Balaban J connectivity index is 1.48. The van der Waals surface area contributed by atoms with Crippen LogP contribution in [0.15, 0.2) is 36.4 Å². The molecule has 33 heavy (non-hydrogen) atoms. The molecule has 0 saturated carbocycles. The van der Waals surface area contributed by atoms with Crippen molar-refractivity contribution in [2.24, 2.45) is 5.92 Å². The molecule has 1 N–H and O–H groups in total. The molecule has 4 rings (SSSR count). The van der Waals surface area contributed by atoms with Gasteiger partial charge in [0.05, 0.1) is 23.4 Å². The molecule has 11 heteroatoms. The van der Waals surface area contributed by atoms with E-state index in [2.05, 4.69) is 5.32 Å². The number of nitrogens with zero attached hydrogens (tertiary/aromatic N) is 2. The number of amides is 1. The molecule has 1 saturated heterocycles. The van der Waals surface area contributed by atoms with E-state index in [0.717, 1.165) is 29.5 Å². The first-order valence-electron chi connectivity index (χ1n) is 10.4. The lowest BCUT2D eigenvalue weighted by Gasteiger charge is -2.32. The maximum Gasteiger partial charge on any atom is 0.416 e. The quantitative estimate of drug-likeness (QED) is 0.670. The molecule has 2 heterocycles. The van der Waals surface area contributed by atoms with E-state index in [1.807, 2.05) is 6.07 Å². The van der Waals surface area contributed by atoms with Gasteiger partial charge in [-0.2, -0.15) is 13.2 Å². The summed E-state index contributed by atoms with van der Waals surface area (Å²) in [5, 5.41) is 2.88. The highest BCUT2D eigenvalue weighted by Crippen LogP contribution is 2.34. The number of anilines is 2. The van der Waals surface area contributed by atoms with Crippen LogP contribution in [-0.4, -0.2) is 49.4 Å². The standard InChI is InChI=1S/C22H23F4N3O3S/c1-33(31,32)29-10-7-15(13-29)21(30)28-9-8-17-14(12-28)3-2-4-19(17)27-20-6-5-16(11-18(20)23)22(24,25)26/h2-6,11,15,27H,7-10,12-13H2,1H3. The second-order valence-corrected chi connectivity index (χ2v) is 10.4. The number of nitrogens with one attached hydrogen (secondary N) is 1. The highest BCUT2D eigenvalue weighted by Gasteiger charge is 2.36. The highest BCUT2D eigenvalue weighted by molar-refractivity contribution is 7.88. The number of sulfonamides is 1. The van der Waals surface area contributed by atoms with Crippen molar-refractivity contribution in [3.8, 4) is 0 Å². The smallest absolute Gasteiger partial charge is 0.353 e. The van der Waals surface area contributed by atoms with E-state index in [4.69, 9.17) is 0 Å².